The molecule has 0 aromatic heterocycles. The van der Waals surface area contributed by atoms with Crippen molar-refractivity contribution in [2.75, 3.05) is 13.2 Å². The zero-order valence-corrected chi connectivity index (χ0v) is 47.0. The largest absolute Gasteiger partial charge is 0.462 e. The summed E-state index contributed by atoms with van der Waals surface area (Å²) in [6, 6.07) is 0. The molecule has 0 rings (SSSR count). The lowest BCUT2D eigenvalue weighted by atomic mass is 10.0. The van der Waals surface area contributed by atoms with Gasteiger partial charge in [0.1, 0.15) is 13.2 Å². The van der Waals surface area contributed by atoms with E-state index in [0.29, 0.717) is 19.3 Å². The second-order valence-corrected chi connectivity index (χ2v) is 20.3. The van der Waals surface area contributed by atoms with Crippen LogP contribution in [0.15, 0.2) is 72.9 Å². The average molecular weight is 992 g/mol. The van der Waals surface area contributed by atoms with Crippen LogP contribution in [0.5, 0.6) is 0 Å². The first-order valence-corrected chi connectivity index (χ1v) is 30.4. The van der Waals surface area contributed by atoms with E-state index in [9.17, 15) is 14.4 Å². The van der Waals surface area contributed by atoms with Crippen LogP contribution in [0, 0.1) is 0 Å². The molecule has 1 atom stereocenters. The van der Waals surface area contributed by atoms with Crippen LogP contribution in [0.25, 0.3) is 0 Å². The third-order valence-electron chi connectivity index (χ3n) is 13.2. The number of ether oxygens (including phenoxy) is 3. The van der Waals surface area contributed by atoms with Gasteiger partial charge in [-0.25, -0.2) is 0 Å². The number of unbranched alkanes of at least 4 members (excludes halogenated alkanes) is 32. The minimum Gasteiger partial charge on any atom is -0.462 e. The Morgan fingerprint density at radius 1 is 0.282 bits per heavy atom. The molecular weight excluding hydrogens is 877 g/mol. The summed E-state index contributed by atoms with van der Waals surface area (Å²) >= 11 is 0. The Bertz CT molecular complexity index is 1320. The predicted molar refractivity (Wildman–Crippen MR) is 307 cm³/mol. The van der Waals surface area contributed by atoms with Crippen molar-refractivity contribution in [1.29, 1.82) is 0 Å². The fourth-order valence-electron chi connectivity index (χ4n) is 8.57. The Kier molecular flexibility index (Phi) is 56.8. The maximum Gasteiger partial charge on any atom is 0.306 e. The molecule has 71 heavy (non-hydrogen) atoms. The number of carbonyl (C=O) groups is 3. The third-order valence-corrected chi connectivity index (χ3v) is 13.2. The SMILES string of the molecule is CCCCC/C=C\C/C=C\C/C=C\CCCCCCCCC(=O)OC(COC(=O)CCCCCCC)COC(=O)CCCCCCCCCCCCCCCC/C=C\C/C=C\C/C=C\CCCCCCC. The zero-order valence-electron chi connectivity index (χ0n) is 47.0. The smallest absolute Gasteiger partial charge is 0.306 e. The van der Waals surface area contributed by atoms with E-state index in [4.69, 9.17) is 14.2 Å². The topological polar surface area (TPSA) is 78.9 Å². The van der Waals surface area contributed by atoms with Gasteiger partial charge >= 0.3 is 17.9 Å². The van der Waals surface area contributed by atoms with Gasteiger partial charge in [-0.1, -0.05) is 261 Å². The molecule has 0 aliphatic rings. The zero-order chi connectivity index (χ0) is 51.4. The molecule has 0 aliphatic carbocycles. The number of allylic oxidation sites excluding steroid dienone is 12. The van der Waals surface area contributed by atoms with Gasteiger partial charge in [-0.05, 0) is 96.3 Å². The molecule has 6 heteroatoms. The van der Waals surface area contributed by atoms with E-state index < -0.39 is 6.10 Å². The van der Waals surface area contributed by atoms with Gasteiger partial charge in [0, 0.05) is 19.3 Å². The molecule has 6 nitrogen and oxygen atoms in total. The summed E-state index contributed by atoms with van der Waals surface area (Å²) in [5.74, 6) is -0.899. The summed E-state index contributed by atoms with van der Waals surface area (Å²) in [5.41, 5.74) is 0. The highest BCUT2D eigenvalue weighted by molar-refractivity contribution is 5.71. The number of hydrogen-bond donors (Lipinski definition) is 0. The monoisotopic (exact) mass is 991 g/mol. The van der Waals surface area contributed by atoms with Crippen molar-refractivity contribution in [2.45, 2.75) is 309 Å². The van der Waals surface area contributed by atoms with E-state index in [1.165, 1.54) is 161 Å². The Morgan fingerprint density at radius 2 is 0.507 bits per heavy atom. The molecule has 0 amide bonds. The summed E-state index contributed by atoms with van der Waals surface area (Å²) in [4.78, 5) is 37.8. The van der Waals surface area contributed by atoms with Gasteiger partial charge in [0.05, 0.1) is 0 Å². The van der Waals surface area contributed by atoms with Crippen LogP contribution in [0.2, 0.25) is 0 Å². The standard InChI is InChI=1S/C65H114O6/c1-4-7-10-13-15-17-19-21-23-25-27-28-29-30-31-32-33-34-35-36-38-39-41-43-45-47-49-52-55-58-64(67)70-61-62(60-69-63(66)57-54-51-12-9-6-3)71-65(68)59-56-53-50-48-46-44-42-40-37-26-24-22-20-18-16-14-11-8-5-2/h16,18-19,21-22,24-25,27,29-30,37,40,62H,4-15,17,20,23,26,28,31-36,38-39,41-61H2,1-3H3/b18-16-,21-19-,24-22-,27-25-,30-29-,40-37-. The van der Waals surface area contributed by atoms with Crippen molar-refractivity contribution in [3.8, 4) is 0 Å². The van der Waals surface area contributed by atoms with Gasteiger partial charge in [-0.3, -0.25) is 14.4 Å². The maximum atomic E-state index is 12.8. The van der Waals surface area contributed by atoms with Crippen molar-refractivity contribution < 1.29 is 28.6 Å². The molecule has 0 saturated heterocycles. The summed E-state index contributed by atoms with van der Waals surface area (Å²) in [6.07, 6.45) is 76.6. The van der Waals surface area contributed by atoms with Crippen LogP contribution in [-0.2, 0) is 28.6 Å². The van der Waals surface area contributed by atoms with E-state index in [1.54, 1.807) is 0 Å². The Hall–Kier alpha value is -3.15. The fourth-order valence-corrected chi connectivity index (χ4v) is 8.57. The molecule has 0 aromatic rings. The molecule has 0 fully saturated rings. The highest BCUT2D eigenvalue weighted by Gasteiger charge is 2.19. The van der Waals surface area contributed by atoms with E-state index in [0.717, 1.165) is 103 Å². The Morgan fingerprint density at radius 3 is 0.817 bits per heavy atom. The number of esters is 3. The van der Waals surface area contributed by atoms with Crippen LogP contribution >= 0.6 is 0 Å². The second-order valence-electron chi connectivity index (χ2n) is 20.3. The normalized spacial score (nSPS) is 12.5. The predicted octanol–water partition coefficient (Wildman–Crippen LogP) is 20.5. The highest BCUT2D eigenvalue weighted by atomic mass is 16.6. The Balaban J connectivity index is 4.04. The first-order valence-electron chi connectivity index (χ1n) is 30.4. The Labute approximate surface area is 440 Å². The minimum atomic E-state index is -0.779. The lowest BCUT2D eigenvalue weighted by Gasteiger charge is -2.18. The summed E-state index contributed by atoms with van der Waals surface area (Å²) in [7, 11) is 0. The molecular formula is C65H114O6. The van der Waals surface area contributed by atoms with E-state index in [2.05, 4.69) is 93.7 Å². The fraction of sp³-hybridized carbons (Fsp3) is 0.769. The van der Waals surface area contributed by atoms with Crippen molar-refractivity contribution in [2.24, 2.45) is 0 Å². The van der Waals surface area contributed by atoms with E-state index >= 15 is 0 Å². The molecule has 410 valence electrons. The van der Waals surface area contributed by atoms with Crippen LogP contribution < -0.4 is 0 Å². The van der Waals surface area contributed by atoms with Crippen molar-refractivity contribution >= 4 is 17.9 Å². The van der Waals surface area contributed by atoms with Gasteiger partial charge in [0.25, 0.3) is 0 Å². The lowest BCUT2D eigenvalue weighted by Crippen LogP contribution is -2.30. The molecule has 0 bridgehead atoms. The summed E-state index contributed by atoms with van der Waals surface area (Å²) in [6.45, 7) is 6.53. The maximum absolute atomic E-state index is 12.8. The van der Waals surface area contributed by atoms with Crippen LogP contribution in [-0.4, -0.2) is 37.2 Å². The van der Waals surface area contributed by atoms with Crippen LogP contribution in [0.3, 0.4) is 0 Å². The minimum absolute atomic E-state index is 0.0798. The van der Waals surface area contributed by atoms with Gasteiger partial charge in [-0.15, -0.1) is 0 Å². The second kappa shape index (κ2) is 59.4. The highest BCUT2D eigenvalue weighted by Crippen LogP contribution is 2.16. The molecule has 0 heterocycles. The van der Waals surface area contributed by atoms with Crippen LogP contribution in [0.1, 0.15) is 303 Å². The van der Waals surface area contributed by atoms with E-state index in [1.807, 2.05) is 0 Å². The number of rotatable bonds is 55. The van der Waals surface area contributed by atoms with Crippen molar-refractivity contribution in [3.63, 3.8) is 0 Å². The lowest BCUT2D eigenvalue weighted by molar-refractivity contribution is -0.167. The molecule has 1 unspecified atom stereocenters. The van der Waals surface area contributed by atoms with Crippen molar-refractivity contribution in [3.05, 3.63) is 72.9 Å². The quantitative estimate of drug-likeness (QED) is 0.0261. The average Bonchev–Trinajstić information content (AvgIpc) is 3.37. The third kappa shape index (κ3) is 57.6. The summed E-state index contributed by atoms with van der Waals surface area (Å²) < 4.78 is 16.7. The first-order chi connectivity index (χ1) is 35.0. The van der Waals surface area contributed by atoms with Crippen LogP contribution in [0.4, 0.5) is 0 Å². The van der Waals surface area contributed by atoms with Crippen molar-refractivity contribution in [1.82, 2.24) is 0 Å². The molecule has 0 spiro atoms. The first kappa shape index (κ1) is 67.8. The molecule has 0 radical (unpaired) electrons. The molecule has 0 aliphatic heterocycles. The molecule has 0 aromatic carbocycles. The summed E-state index contributed by atoms with van der Waals surface area (Å²) in [5, 5.41) is 0. The van der Waals surface area contributed by atoms with Gasteiger partial charge in [0.15, 0.2) is 6.10 Å². The van der Waals surface area contributed by atoms with Gasteiger partial charge in [-0.2, -0.15) is 0 Å². The van der Waals surface area contributed by atoms with Gasteiger partial charge in [0.2, 0.25) is 0 Å². The van der Waals surface area contributed by atoms with E-state index in [-0.39, 0.29) is 31.1 Å². The van der Waals surface area contributed by atoms with Gasteiger partial charge < -0.3 is 14.2 Å². The molecule has 0 N–H and O–H groups in total. The molecule has 0 saturated carbocycles. The number of carbonyl (C=O) groups excluding carboxylic acids is 3. The number of hydrogen-bond acceptors (Lipinski definition) is 6.